The smallest absolute Gasteiger partial charge is 0.227 e. The van der Waals surface area contributed by atoms with E-state index in [1.807, 2.05) is 0 Å². The molecule has 0 fully saturated rings. The molecule has 290 valence electrons. The van der Waals surface area contributed by atoms with Gasteiger partial charge in [-0.15, -0.1) is 0 Å². The lowest BCUT2D eigenvalue weighted by Crippen LogP contribution is -2.11. The summed E-state index contributed by atoms with van der Waals surface area (Å²) >= 11 is 0. The van der Waals surface area contributed by atoms with E-state index in [1.54, 1.807) is 0 Å². The summed E-state index contributed by atoms with van der Waals surface area (Å²) in [5, 5.41) is 9.29. The number of benzene rings is 11. The van der Waals surface area contributed by atoms with Crippen LogP contribution < -0.4 is 4.90 Å². The van der Waals surface area contributed by atoms with Gasteiger partial charge in [0, 0.05) is 33.2 Å². The maximum atomic E-state index is 6.79. The molecule has 0 N–H and O–H groups in total. The van der Waals surface area contributed by atoms with E-state index >= 15 is 0 Å². The summed E-state index contributed by atoms with van der Waals surface area (Å²) in [5.41, 5.74) is 12.7. The topological polar surface area (TPSA) is 29.3 Å². The molecule has 0 saturated heterocycles. The minimum atomic E-state index is 0.616. The number of rotatable bonds is 7. The average molecular weight is 791 g/mol. The fourth-order valence-electron chi connectivity index (χ4n) is 9.24. The number of oxazole rings is 1. The van der Waals surface area contributed by atoms with E-state index in [1.165, 1.54) is 27.3 Å². The predicted octanol–water partition coefficient (Wildman–Crippen LogP) is 16.6. The van der Waals surface area contributed by atoms with Gasteiger partial charge in [-0.05, 0) is 109 Å². The Kier molecular flexibility index (Phi) is 8.50. The van der Waals surface area contributed by atoms with Gasteiger partial charge < -0.3 is 9.32 Å². The largest absolute Gasteiger partial charge is 0.435 e. The lowest BCUT2D eigenvalue weighted by Gasteiger charge is -2.29. The molecule has 0 radical (unpaired) electrons. The summed E-state index contributed by atoms with van der Waals surface area (Å²) in [5.74, 6) is 0.616. The molecule has 12 aromatic rings. The van der Waals surface area contributed by atoms with Gasteiger partial charge in [0.1, 0.15) is 5.52 Å². The van der Waals surface area contributed by atoms with Gasteiger partial charge in [0.25, 0.3) is 0 Å². The van der Waals surface area contributed by atoms with Crippen LogP contribution in [0.5, 0.6) is 0 Å². The molecular weight excluding hydrogens is 753 g/mol. The summed E-state index contributed by atoms with van der Waals surface area (Å²) in [6.45, 7) is 0. The zero-order valence-corrected chi connectivity index (χ0v) is 33.7. The Hall–Kier alpha value is -8.27. The van der Waals surface area contributed by atoms with E-state index in [4.69, 9.17) is 9.40 Å². The Morgan fingerprint density at radius 3 is 1.79 bits per heavy atom. The van der Waals surface area contributed by atoms with Gasteiger partial charge in [-0.1, -0.05) is 176 Å². The van der Waals surface area contributed by atoms with Crippen LogP contribution in [0.3, 0.4) is 0 Å². The van der Waals surface area contributed by atoms with Crippen LogP contribution in [0.4, 0.5) is 17.1 Å². The lowest BCUT2D eigenvalue weighted by molar-refractivity contribution is 0.621. The average Bonchev–Trinajstić information content (AvgIpc) is 3.80. The third-order valence-electron chi connectivity index (χ3n) is 12.2. The van der Waals surface area contributed by atoms with Gasteiger partial charge in [-0.3, -0.25) is 0 Å². The predicted molar refractivity (Wildman–Crippen MR) is 260 cm³/mol. The summed E-state index contributed by atoms with van der Waals surface area (Å²) in [6, 6.07) is 82.6. The van der Waals surface area contributed by atoms with Crippen molar-refractivity contribution in [2.45, 2.75) is 0 Å². The molecule has 0 aliphatic rings. The Labute approximate surface area is 359 Å². The summed E-state index contributed by atoms with van der Waals surface area (Å²) in [7, 11) is 0. The monoisotopic (exact) mass is 790 g/mol. The van der Waals surface area contributed by atoms with Crippen molar-refractivity contribution in [2.75, 3.05) is 4.90 Å². The van der Waals surface area contributed by atoms with Crippen molar-refractivity contribution in [3.63, 3.8) is 0 Å². The summed E-state index contributed by atoms with van der Waals surface area (Å²) in [6.07, 6.45) is 0. The molecule has 62 heavy (non-hydrogen) atoms. The minimum absolute atomic E-state index is 0.616. The highest BCUT2D eigenvalue weighted by Gasteiger charge is 2.22. The Morgan fingerprint density at radius 2 is 0.935 bits per heavy atom. The molecule has 12 rings (SSSR count). The van der Waals surface area contributed by atoms with E-state index in [0.717, 1.165) is 82.9 Å². The second-order valence-electron chi connectivity index (χ2n) is 15.9. The molecule has 0 unspecified atom stereocenters. The molecule has 0 amide bonds. The van der Waals surface area contributed by atoms with Crippen LogP contribution in [0.2, 0.25) is 0 Å². The van der Waals surface area contributed by atoms with Crippen LogP contribution in [0, 0.1) is 0 Å². The fourth-order valence-corrected chi connectivity index (χ4v) is 9.24. The van der Waals surface area contributed by atoms with E-state index in [9.17, 15) is 0 Å². The highest BCUT2D eigenvalue weighted by Crippen LogP contribution is 2.46. The third kappa shape index (κ3) is 6.10. The van der Waals surface area contributed by atoms with Crippen molar-refractivity contribution >= 4 is 71.3 Å². The Balaban J connectivity index is 1.03. The van der Waals surface area contributed by atoms with Crippen molar-refractivity contribution in [1.82, 2.24) is 4.98 Å². The van der Waals surface area contributed by atoms with E-state index in [0.29, 0.717) is 5.89 Å². The van der Waals surface area contributed by atoms with Crippen LogP contribution in [0.15, 0.2) is 235 Å². The number of fused-ring (bicyclic) bond motifs is 6. The molecule has 11 aromatic carbocycles. The van der Waals surface area contributed by atoms with Crippen LogP contribution in [-0.4, -0.2) is 4.98 Å². The van der Waals surface area contributed by atoms with Crippen molar-refractivity contribution in [2.24, 2.45) is 0 Å². The maximum absolute atomic E-state index is 6.79. The second-order valence-corrected chi connectivity index (χ2v) is 15.9. The molecule has 3 nitrogen and oxygen atoms in total. The number of anilines is 3. The number of hydrogen-bond acceptors (Lipinski definition) is 3. The lowest BCUT2D eigenvalue weighted by atomic mass is 9.93. The van der Waals surface area contributed by atoms with Gasteiger partial charge in [0.05, 0.1) is 11.4 Å². The Morgan fingerprint density at radius 1 is 0.323 bits per heavy atom. The fraction of sp³-hybridized carbons (Fsp3) is 0. The molecule has 1 heterocycles. The summed E-state index contributed by atoms with van der Waals surface area (Å²) < 4.78 is 6.79. The SMILES string of the molecule is c1ccc(-c2cc(-c3cccc4ccccc34)ccc2N(c2ccccc2)c2cccc3cc(-c4cc5ccccc5c5nc(-c6ccc7ccccc7c6)oc45)ccc23)cc1. The number of para-hydroxylation sites is 1. The maximum Gasteiger partial charge on any atom is 0.227 e. The van der Waals surface area contributed by atoms with E-state index in [-0.39, 0.29) is 0 Å². The normalized spacial score (nSPS) is 11.5. The van der Waals surface area contributed by atoms with E-state index < -0.39 is 0 Å². The zero-order chi connectivity index (χ0) is 41.0. The molecule has 0 aliphatic carbocycles. The first kappa shape index (κ1) is 35.7. The van der Waals surface area contributed by atoms with Crippen molar-refractivity contribution < 1.29 is 4.42 Å². The minimum Gasteiger partial charge on any atom is -0.435 e. The summed E-state index contributed by atoms with van der Waals surface area (Å²) in [4.78, 5) is 7.59. The first-order valence-electron chi connectivity index (χ1n) is 21.1. The molecule has 1 aromatic heterocycles. The van der Waals surface area contributed by atoms with Gasteiger partial charge in [-0.25, -0.2) is 4.98 Å². The highest BCUT2D eigenvalue weighted by atomic mass is 16.3. The van der Waals surface area contributed by atoms with Crippen LogP contribution in [0.1, 0.15) is 0 Å². The number of nitrogens with zero attached hydrogens (tertiary/aromatic N) is 2. The molecule has 0 aliphatic heterocycles. The number of aromatic nitrogens is 1. The molecule has 0 spiro atoms. The van der Waals surface area contributed by atoms with Gasteiger partial charge in [0.15, 0.2) is 5.58 Å². The number of hydrogen-bond donors (Lipinski definition) is 0. The van der Waals surface area contributed by atoms with Crippen molar-refractivity contribution in [1.29, 1.82) is 0 Å². The first-order chi connectivity index (χ1) is 30.7. The highest BCUT2D eigenvalue weighted by molar-refractivity contribution is 6.12. The quantitative estimate of drug-likeness (QED) is 0.161. The van der Waals surface area contributed by atoms with Gasteiger partial charge in [0.2, 0.25) is 5.89 Å². The zero-order valence-electron chi connectivity index (χ0n) is 33.7. The molecule has 0 saturated carbocycles. The third-order valence-corrected chi connectivity index (χ3v) is 12.2. The Bertz CT molecular complexity index is 3640. The first-order valence-corrected chi connectivity index (χ1v) is 21.1. The van der Waals surface area contributed by atoms with Crippen LogP contribution in [-0.2, 0) is 0 Å². The van der Waals surface area contributed by atoms with Gasteiger partial charge >= 0.3 is 0 Å². The standard InChI is InChI=1S/C59H38N2O/c1-3-16-41(17-4-1)53-37-46(50-27-13-21-40-18-9-11-25-49(40)50)32-34-56(53)61(48-23-5-2-6-24-48)55-28-14-22-43-36-45(31-33-51(43)55)54-38-44-20-10-12-26-52(44)57-58(54)62-59(60-57)47-30-29-39-15-7-8-19-42(39)35-47/h1-38H. The van der Waals surface area contributed by atoms with Crippen molar-refractivity contribution in [3.05, 3.63) is 231 Å². The molecular formula is C59H38N2O. The van der Waals surface area contributed by atoms with Gasteiger partial charge in [-0.2, -0.15) is 0 Å². The second kappa shape index (κ2) is 14.8. The van der Waals surface area contributed by atoms with Crippen molar-refractivity contribution in [3.8, 4) is 44.8 Å². The molecule has 3 heteroatoms. The molecule has 0 atom stereocenters. The van der Waals surface area contributed by atoms with Crippen LogP contribution >= 0.6 is 0 Å². The van der Waals surface area contributed by atoms with E-state index in [2.05, 4.69) is 235 Å². The molecule has 0 bridgehead atoms. The van der Waals surface area contributed by atoms with Crippen LogP contribution in [0.25, 0.3) is 99.0 Å².